The lowest BCUT2D eigenvalue weighted by atomic mass is 9.89. The molecule has 0 aromatic heterocycles. The van der Waals surface area contributed by atoms with E-state index >= 15 is 0 Å². The van der Waals surface area contributed by atoms with Crippen molar-refractivity contribution >= 4 is 0 Å². The third-order valence-corrected chi connectivity index (χ3v) is 4.00. The Morgan fingerprint density at radius 1 is 1.06 bits per heavy atom. The molecule has 0 saturated carbocycles. The molecule has 0 aliphatic rings. The Morgan fingerprint density at radius 2 is 1.61 bits per heavy atom. The molecule has 3 unspecified atom stereocenters. The van der Waals surface area contributed by atoms with Crippen LogP contribution < -0.4 is 11.1 Å². The maximum atomic E-state index is 6.35. The van der Waals surface area contributed by atoms with Crippen molar-refractivity contribution in [2.75, 3.05) is 13.6 Å². The Labute approximate surface area is 112 Å². The first kappa shape index (κ1) is 15.2. The van der Waals surface area contributed by atoms with Crippen LogP contribution in [0.15, 0.2) is 24.3 Å². The van der Waals surface area contributed by atoms with Gasteiger partial charge in [-0.1, -0.05) is 51.5 Å². The van der Waals surface area contributed by atoms with Gasteiger partial charge in [0.2, 0.25) is 0 Å². The molecule has 3 N–H and O–H groups in total. The van der Waals surface area contributed by atoms with E-state index in [0.29, 0.717) is 11.8 Å². The summed E-state index contributed by atoms with van der Waals surface area (Å²) in [6.07, 6.45) is 2.29. The molecule has 2 heteroatoms. The third kappa shape index (κ3) is 3.82. The van der Waals surface area contributed by atoms with E-state index in [0.717, 1.165) is 13.0 Å². The summed E-state index contributed by atoms with van der Waals surface area (Å²) < 4.78 is 0. The van der Waals surface area contributed by atoms with Gasteiger partial charge in [-0.15, -0.1) is 0 Å². The predicted octanol–water partition coefficient (Wildman–Crippen LogP) is 3.45. The summed E-state index contributed by atoms with van der Waals surface area (Å²) in [5.41, 5.74) is 9.02. The molecule has 0 amide bonds. The van der Waals surface area contributed by atoms with E-state index in [4.69, 9.17) is 5.73 Å². The van der Waals surface area contributed by atoms with Gasteiger partial charge in [0.05, 0.1) is 0 Å². The Morgan fingerprint density at radius 3 is 2.06 bits per heavy atom. The fraction of sp³-hybridized carbons (Fsp3) is 0.625. The van der Waals surface area contributed by atoms with E-state index in [1.54, 1.807) is 0 Å². The summed E-state index contributed by atoms with van der Waals surface area (Å²) in [6, 6.07) is 8.99. The Kier molecular flexibility index (Phi) is 6.37. The summed E-state index contributed by atoms with van der Waals surface area (Å²) >= 11 is 0. The van der Waals surface area contributed by atoms with Gasteiger partial charge >= 0.3 is 0 Å². The molecule has 0 spiro atoms. The molecule has 3 atom stereocenters. The van der Waals surface area contributed by atoms with Crippen LogP contribution in [-0.4, -0.2) is 13.6 Å². The number of rotatable bonds is 7. The largest absolute Gasteiger partial charge is 0.324 e. The van der Waals surface area contributed by atoms with Crippen LogP contribution in [0.3, 0.4) is 0 Å². The van der Waals surface area contributed by atoms with Crippen molar-refractivity contribution in [2.45, 2.75) is 45.6 Å². The highest BCUT2D eigenvalue weighted by Crippen LogP contribution is 2.25. The molecule has 2 nitrogen and oxygen atoms in total. The van der Waals surface area contributed by atoms with Crippen LogP contribution in [0.1, 0.15) is 56.7 Å². The molecule has 0 heterocycles. The van der Waals surface area contributed by atoms with Crippen molar-refractivity contribution in [2.24, 2.45) is 11.7 Å². The summed E-state index contributed by atoms with van der Waals surface area (Å²) in [5.74, 6) is 1.14. The van der Waals surface area contributed by atoms with Crippen LogP contribution in [0.25, 0.3) is 0 Å². The lowest BCUT2D eigenvalue weighted by Gasteiger charge is -2.23. The van der Waals surface area contributed by atoms with Gasteiger partial charge in [-0.25, -0.2) is 0 Å². The lowest BCUT2D eigenvalue weighted by molar-refractivity contribution is 0.403. The zero-order chi connectivity index (χ0) is 13.5. The summed E-state index contributed by atoms with van der Waals surface area (Å²) in [5, 5.41) is 3.23. The molecule has 1 aromatic carbocycles. The number of nitrogens with one attached hydrogen (secondary N) is 1. The fourth-order valence-corrected chi connectivity index (χ4v) is 2.34. The van der Waals surface area contributed by atoms with Gasteiger partial charge in [-0.3, -0.25) is 0 Å². The minimum atomic E-state index is 0.133. The van der Waals surface area contributed by atoms with E-state index in [1.807, 2.05) is 7.05 Å². The maximum absolute atomic E-state index is 6.35. The summed E-state index contributed by atoms with van der Waals surface area (Å²) in [4.78, 5) is 0. The van der Waals surface area contributed by atoms with Gasteiger partial charge in [0.15, 0.2) is 0 Å². The number of hydrogen-bond acceptors (Lipinski definition) is 2. The number of nitrogens with two attached hydrogens (primary N) is 1. The molecular formula is C16H28N2. The van der Waals surface area contributed by atoms with E-state index < -0.39 is 0 Å². The first-order valence-corrected chi connectivity index (χ1v) is 7.14. The van der Waals surface area contributed by atoms with E-state index in [-0.39, 0.29) is 6.04 Å². The van der Waals surface area contributed by atoms with Crippen LogP contribution in [-0.2, 0) is 0 Å². The SMILES string of the molecule is CCC(C)c1ccc(C(N)C(CC)CNC)cc1. The second-order valence-electron chi connectivity index (χ2n) is 5.23. The van der Waals surface area contributed by atoms with Crippen molar-refractivity contribution in [3.63, 3.8) is 0 Å². The molecule has 102 valence electrons. The first-order valence-electron chi connectivity index (χ1n) is 7.14. The Balaban J connectivity index is 2.77. The van der Waals surface area contributed by atoms with Gasteiger partial charge in [0.25, 0.3) is 0 Å². The average Bonchev–Trinajstić information content (AvgIpc) is 2.43. The van der Waals surface area contributed by atoms with Crippen molar-refractivity contribution in [1.82, 2.24) is 5.32 Å². The van der Waals surface area contributed by atoms with Crippen LogP contribution in [0, 0.1) is 5.92 Å². The van der Waals surface area contributed by atoms with Crippen molar-refractivity contribution in [1.29, 1.82) is 0 Å². The van der Waals surface area contributed by atoms with Gasteiger partial charge in [-0.05, 0) is 43.0 Å². The molecule has 0 aliphatic carbocycles. The second kappa shape index (κ2) is 7.55. The highest BCUT2D eigenvalue weighted by molar-refractivity contribution is 5.27. The van der Waals surface area contributed by atoms with Crippen LogP contribution in [0.5, 0.6) is 0 Å². The minimum Gasteiger partial charge on any atom is -0.324 e. The van der Waals surface area contributed by atoms with Gasteiger partial charge in [-0.2, -0.15) is 0 Å². The Hall–Kier alpha value is -0.860. The summed E-state index contributed by atoms with van der Waals surface area (Å²) in [6.45, 7) is 7.68. The molecule has 1 rings (SSSR count). The zero-order valence-electron chi connectivity index (χ0n) is 12.2. The smallest absolute Gasteiger partial charge is 0.0335 e. The molecular weight excluding hydrogens is 220 g/mol. The van der Waals surface area contributed by atoms with E-state index in [9.17, 15) is 0 Å². The molecule has 18 heavy (non-hydrogen) atoms. The van der Waals surface area contributed by atoms with Crippen molar-refractivity contribution in [3.8, 4) is 0 Å². The number of benzene rings is 1. The van der Waals surface area contributed by atoms with E-state index in [2.05, 4.69) is 50.4 Å². The standard InChI is InChI=1S/C16H28N2/c1-5-12(3)14-7-9-15(10-8-14)16(17)13(6-2)11-18-4/h7-10,12-13,16,18H,5-6,11,17H2,1-4H3. The normalized spacial score (nSPS) is 16.3. The number of hydrogen-bond donors (Lipinski definition) is 2. The van der Waals surface area contributed by atoms with E-state index in [1.165, 1.54) is 17.5 Å². The molecule has 0 saturated heterocycles. The zero-order valence-corrected chi connectivity index (χ0v) is 12.2. The predicted molar refractivity (Wildman–Crippen MR) is 79.8 cm³/mol. The first-order chi connectivity index (χ1) is 8.63. The van der Waals surface area contributed by atoms with Crippen molar-refractivity contribution in [3.05, 3.63) is 35.4 Å². The average molecular weight is 248 g/mol. The van der Waals surface area contributed by atoms with Crippen LogP contribution in [0.4, 0.5) is 0 Å². The fourth-order valence-electron chi connectivity index (χ4n) is 2.34. The van der Waals surface area contributed by atoms with Gasteiger partial charge < -0.3 is 11.1 Å². The minimum absolute atomic E-state index is 0.133. The lowest BCUT2D eigenvalue weighted by Crippen LogP contribution is -2.29. The molecule has 0 fully saturated rings. The second-order valence-corrected chi connectivity index (χ2v) is 5.23. The topological polar surface area (TPSA) is 38.0 Å². The molecule has 0 aliphatic heterocycles. The highest BCUT2D eigenvalue weighted by atomic mass is 14.8. The quantitative estimate of drug-likeness (QED) is 0.775. The van der Waals surface area contributed by atoms with Crippen LogP contribution >= 0.6 is 0 Å². The van der Waals surface area contributed by atoms with Gasteiger partial charge in [0.1, 0.15) is 0 Å². The molecule has 0 radical (unpaired) electrons. The maximum Gasteiger partial charge on any atom is 0.0335 e. The molecule has 0 bridgehead atoms. The molecule has 1 aromatic rings. The van der Waals surface area contributed by atoms with Gasteiger partial charge in [0, 0.05) is 6.04 Å². The van der Waals surface area contributed by atoms with Crippen LogP contribution in [0.2, 0.25) is 0 Å². The monoisotopic (exact) mass is 248 g/mol. The Bertz CT molecular complexity index is 331. The highest BCUT2D eigenvalue weighted by Gasteiger charge is 2.17. The summed E-state index contributed by atoms with van der Waals surface area (Å²) in [7, 11) is 1.99. The van der Waals surface area contributed by atoms with Crippen molar-refractivity contribution < 1.29 is 0 Å². The third-order valence-electron chi connectivity index (χ3n) is 4.00.